The van der Waals surface area contributed by atoms with Crippen molar-refractivity contribution in [1.29, 1.82) is 0 Å². The lowest BCUT2D eigenvalue weighted by atomic mass is 9.88. The second-order valence-corrected chi connectivity index (χ2v) is 10.8. The van der Waals surface area contributed by atoms with E-state index in [4.69, 9.17) is 14.7 Å². The molecule has 35 heavy (non-hydrogen) atoms. The molecule has 1 saturated carbocycles. The van der Waals surface area contributed by atoms with E-state index >= 15 is 0 Å². The number of thiazole rings is 1. The molecule has 1 unspecified atom stereocenters. The number of anilines is 2. The van der Waals surface area contributed by atoms with Crippen molar-refractivity contribution in [2.24, 2.45) is 5.92 Å². The predicted molar refractivity (Wildman–Crippen MR) is 137 cm³/mol. The normalized spacial score (nSPS) is 23.6. The molecule has 11 heteroatoms. The highest BCUT2D eigenvalue weighted by atomic mass is 32.1. The summed E-state index contributed by atoms with van der Waals surface area (Å²) < 4.78 is 6.32. The minimum absolute atomic E-state index is 0.0333. The minimum atomic E-state index is -1.14. The molecule has 5 atom stereocenters. The Labute approximate surface area is 208 Å². The van der Waals surface area contributed by atoms with Crippen molar-refractivity contribution in [2.75, 3.05) is 24.3 Å². The molecular formula is C24H34N6O4S. The number of aliphatic hydroxyl groups excluding tert-OH is 2. The number of methoxy groups -OCH3 is 1. The quantitative estimate of drug-likeness (QED) is 0.311. The van der Waals surface area contributed by atoms with Crippen LogP contribution in [0.15, 0.2) is 12.3 Å². The van der Waals surface area contributed by atoms with Crippen molar-refractivity contribution in [3.8, 4) is 10.6 Å². The minimum Gasteiger partial charge on any atom is -0.390 e. The summed E-state index contributed by atoms with van der Waals surface area (Å²) in [6.07, 6.45) is -0.0228. The van der Waals surface area contributed by atoms with Crippen LogP contribution in [0.4, 0.5) is 11.8 Å². The second-order valence-electron chi connectivity index (χ2n) is 9.77. The van der Waals surface area contributed by atoms with Gasteiger partial charge in [0.1, 0.15) is 22.4 Å². The van der Waals surface area contributed by atoms with Crippen molar-refractivity contribution >= 4 is 33.3 Å². The van der Waals surface area contributed by atoms with Crippen molar-refractivity contribution in [3.05, 3.63) is 23.7 Å². The van der Waals surface area contributed by atoms with Crippen LogP contribution in [-0.2, 0) is 4.74 Å². The van der Waals surface area contributed by atoms with Gasteiger partial charge in [-0.25, -0.2) is 9.97 Å². The van der Waals surface area contributed by atoms with Gasteiger partial charge in [-0.2, -0.15) is 4.98 Å². The van der Waals surface area contributed by atoms with Gasteiger partial charge in [-0.05, 0) is 47.1 Å². The number of aromatic nitrogens is 4. The molecule has 5 N–H and O–H groups in total. The van der Waals surface area contributed by atoms with Gasteiger partial charge in [0.15, 0.2) is 0 Å². The van der Waals surface area contributed by atoms with Crippen molar-refractivity contribution in [2.45, 2.75) is 71.0 Å². The van der Waals surface area contributed by atoms with Gasteiger partial charge >= 0.3 is 0 Å². The first-order valence-electron chi connectivity index (χ1n) is 11.7. The van der Waals surface area contributed by atoms with E-state index in [1.165, 1.54) is 11.3 Å². The highest BCUT2D eigenvalue weighted by Gasteiger charge is 2.48. The van der Waals surface area contributed by atoms with E-state index in [2.05, 4.69) is 20.6 Å². The molecule has 0 aromatic carbocycles. The molecule has 10 nitrogen and oxygen atoms in total. The molecule has 0 aliphatic heterocycles. The van der Waals surface area contributed by atoms with Gasteiger partial charge in [0.2, 0.25) is 5.95 Å². The number of ether oxygens (including phenoxy) is 1. The molecule has 3 heterocycles. The summed E-state index contributed by atoms with van der Waals surface area (Å²) >= 11 is 1.52. The van der Waals surface area contributed by atoms with E-state index in [1.807, 2.05) is 26.8 Å². The van der Waals surface area contributed by atoms with E-state index in [0.717, 1.165) is 26.5 Å². The average molecular weight is 503 g/mol. The summed E-state index contributed by atoms with van der Waals surface area (Å²) in [7, 11) is 1.64. The number of nitrogens with one attached hydrogen (secondary N) is 2. The van der Waals surface area contributed by atoms with Crippen LogP contribution < -0.4 is 10.6 Å². The first kappa shape index (κ1) is 25.6. The van der Waals surface area contributed by atoms with Crippen molar-refractivity contribution in [3.63, 3.8) is 0 Å². The SMILES string of the molecule is CO[C@@H](C)CNc1nc(C)c(-c2nc3c(C)nccc3s2)c(NC2C[C@H](C(C)(C)O)[C@@H](O)[C@H]2O)n1. The summed E-state index contributed by atoms with van der Waals surface area (Å²) in [5.74, 6) is 0.434. The Hall–Kier alpha value is -2.44. The van der Waals surface area contributed by atoms with Crippen LogP contribution >= 0.6 is 11.3 Å². The van der Waals surface area contributed by atoms with Crippen LogP contribution in [0.3, 0.4) is 0 Å². The van der Waals surface area contributed by atoms with E-state index in [9.17, 15) is 15.3 Å². The van der Waals surface area contributed by atoms with Crippen molar-refractivity contribution < 1.29 is 20.1 Å². The largest absolute Gasteiger partial charge is 0.390 e. The molecule has 0 saturated heterocycles. The van der Waals surface area contributed by atoms with Crippen LogP contribution in [0, 0.1) is 19.8 Å². The van der Waals surface area contributed by atoms with E-state index in [1.54, 1.807) is 27.2 Å². The average Bonchev–Trinajstić information content (AvgIpc) is 3.34. The molecule has 4 rings (SSSR count). The molecule has 0 radical (unpaired) electrons. The Bertz CT molecular complexity index is 1200. The topological polar surface area (TPSA) is 146 Å². The van der Waals surface area contributed by atoms with Gasteiger partial charge in [-0.1, -0.05) is 0 Å². The molecule has 1 fully saturated rings. The lowest BCUT2D eigenvalue weighted by molar-refractivity contribution is -0.0601. The highest BCUT2D eigenvalue weighted by molar-refractivity contribution is 7.21. The molecule has 0 amide bonds. The smallest absolute Gasteiger partial charge is 0.224 e. The fourth-order valence-corrected chi connectivity index (χ4v) is 5.59. The summed E-state index contributed by atoms with van der Waals surface area (Å²) in [6.45, 7) is 9.57. The summed E-state index contributed by atoms with van der Waals surface area (Å²) in [6, 6.07) is 1.41. The summed E-state index contributed by atoms with van der Waals surface area (Å²) in [4.78, 5) is 18.6. The molecular weight excluding hydrogens is 468 g/mol. The standard InChI is InChI=1S/C24H34N6O4S/c1-11(34-6)10-26-23-27-12(2)17(22-29-18-13(3)25-8-7-16(18)35-22)21(30-23)28-15-9-14(24(4,5)33)19(31)20(15)32/h7-8,11,14-15,19-20,31-33H,9-10H2,1-6H3,(H2,26,27,28,30)/t11-,14-,15?,19+,20-/m0/s1. The van der Waals surface area contributed by atoms with E-state index in [0.29, 0.717) is 30.4 Å². The van der Waals surface area contributed by atoms with E-state index < -0.39 is 29.8 Å². The number of pyridine rings is 1. The maximum atomic E-state index is 10.8. The van der Waals surface area contributed by atoms with Crippen LogP contribution in [0.5, 0.6) is 0 Å². The van der Waals surface area contributed by atoms with Crippen molar-refractivity contribution in [1.82, 2.24) is 19.9 Å². The zero-order valence-corrected chi connectivity index (χ0v) is 21.7. The maximum absolute atomic E-state index is 10.8. The Morgan fingerprint density at radius 2 is 1.91 bits per heavy atom. The third-order valence-corrected chi connectivity index (χ3v) is 7.69. The van der Waals surface area contributed by atoms with Crippen LogP contribution in [0.1, 0.15) is 38.6 Å². The predicted octanol–water partition coefficient (Wildman–Crippen LogP) is 2.51. The Balaban J connectivity index is 1.75. The third kappa shape index (κ3) is 5.24. The first-order valence-corrected chi connectivity index (χ1v) is 12.5. The molecule has 0 bridgehead atoms. The van der Waals surface area contributed by atoms with Gasteiger partial charge < -0.3 is 30.7 Å². The lowest BCUT2D eigenvalue weighted by Crippen LogP contribution is -2.40. The molecule has 1 aliphatic carbocycles. The zero-order valence-electron chi connectivity index (χ0n) is 20.9. The van der Waals surface area contributed by atoms with Gasteiger partial charge in [-0.15, -0.1) is 11.3 Å². The number of hydrogen-bond acceptors (Lipinski definition) is 11. The lowest BCUT2D eigenvalue weighted by Gasteiger charge is -2.28. The fraction of sp³-hybridized carbons (Fsp3) is 0.583. The number of nitrogens with zero attached hydrogens (tertiary/aromatic N) is 4. The van der Waals surface area contributed by atoms with Gasteiger partial charge in [0.25, 0.3) is 0 Å². The zero-order chi connectivity index (χ0) is 25.5. The number of hydrogen-bond donors (Lipinski definition) is 5. The Morgan fingerprint density at radius 3 is 2.54 bits per heavy atom. The van der Waals surface area contributed by atoms with E-state index in [-0.39, 0.29) is 6.10 Å². The first-order chi connectivity index (χ1) is 16.5. The molecule has 3 aromatic heterocycles. The van der Waals surface area contributed by atoms with Gasteiger partial charge in [0, 0.05) is 25.8 Å². The van der Waals surface area contributed by atoms with Gasteiger partial charge in [-0.3, -0.25) is 4.98 Å². The fourth-order valence-electron chi connectivity index (χ4n) is 4.47. The third-order valence-electron chi connectivity index (χ3n) is 6.66. The number of aliphatic hydroxyl groups is 3. The van der Waals surface area contributed by atoms with Crippen LogP contribution in [0.25, 0.3) is 20.8 Å². The summed E-state index contributed by atoms with van der Waals surface area (Å²) in [5, 5.41) is 39.2. The highest BCUT2D eigenvalue weighted by Crippen LogP contribution is 2.40. The number of aryl methyl sites for hydroxylation is 2. The summed E-state index contributed by atoms with van der Waals surface area (Å²) in [5.41, 5.74) is 1.97. The number of fused-ring (bicyclic) bond motifs is 1. The Kier molecular flexibility index (Phi) is 7.26. The second kappa shape index (κ2) is 9.90. The maximum Gasteiger partial charge on any atom is 0.224 e. The molecule has 190 valence electrons. The monoisotopic (exact) mass is 502 g/mol. The Morgan fingerprint density at radius 1 is 1.17 bits per heavy atom. The van der Waals surface area contributed by atoms with Gasteiger partial charge in [0.05, 0.1) is 45.5 Å². The van der Waals surface area contributed by atoms with Crippen LogP contribution in [-0.4, -0.2) is 78.9 Å². The molecule has 1 aliphatic rings. The number of rotatable bonds is 8. The molecule has 0 spiro atoms. The van der Waals surface area contributed by atoms with Crippen LogP contribution in [0.2, 0.25) is 0 Å². The molecule has 3 aromatic rings.